The van der Waals surface area contributed by atoms with Crippen LogP contribution in [0.4, 0.5) is 4.39 Å². The standard InChI is InChI=1S/C22H18FNO3.CH5N/c1-14(26)16-4-3-5-17(11-16)21-20(27-2)9-7-18(22(21)23)10-15-6-8-19(13-25)24-12-15;1-2/h3-9,11-13H,10H2,1-2H3;2H2,1H3. The maximum atomic E-state index is 15.3. The molecule has 2 N–H and O–H groups in total. The van der Waals surface area contributed by atoms with Crippen molar-refractivity contribution in [3.63, 3.8) is 0 Å². The number of rotatable bonds is 6. The number of hydrogen-bond donors (Lipinski definition) is 1. The van der Waals surface area contributed by atoms with E-state index in [1.165, 1.54) is 21.1 Å². The van der Waals surface area contributed by atoms with E-state index in [-0.39, 0.29) is 5.78 Å². The molecule has 0 unspecified atom stereocenters. The first kappa shape index (κ1) is 21.9. The number of carbonyl (C=O) groups is 2. The van der Waals surface area contributed by atoms with Crippen LogP contribution in [0, 0.1) is 5.82 Å². The molecule has 0 bridgehead atoms. The summed E-state index contributed by atoms with van der Waals surface area (Å²) in [6.07, 6.45) is 2.54. The van der Waals surface area contributed by atoms with Gasteiger partial charge in [-0.1, -0.05) is 30.3 Å². The average Bonchev–Trinajstić information content (AvgIpc) is 2.77. The Morgan fingerprint density at radius 3 is 2.52 bits per heavy atom. The Morgan fingerprint density at radius 1 is 1.17 bits per heavy atom. The van der Waals surface area contributed by atoms with Crippen molar-refractivity contribution in [1.29, 1.82) is 0 Å². The highest BCUT2D eigenvalue weighted by atomic mass is 19.1. The van der Waals surface area contributed by atoms with Crippen molar-refractivity contribution in [3.05, 3.63) is 82.9 Å². The van der Waals surface area contributed by atoms with Crippen LogP contribution >= 0.6 is 0 Å². The largest absolute Gasteiger partial charge is 0.496 e. The smallest absolute Gasteiger partial charge is 0.168 e. The Bertz CT molecular complexity index is 1000. The van der Waals surface area contributed by atoms with Gasteiger partial charge < -0.3 is 10.5 Å². The first-order valence-corrected chi connectivity index (χ1v) is 8.98. The van der Waals surface area contributed by atoms with E-state index in [1.54, 1.807) is 54.7 Å². The highest BCUT2D eigenvalue weighted by molar-refractivity contribution is 5.95. The molecule has 150 valence electrons. The maximum Gasteiger partial charge on any atom is 0.168 e. The van der Waals surface area contributed by atoms with Gasteiger partial charge in [-0.2, -0.15) is 0 Å². The molecule has 6 heteroatoms. The lowest BCUT2D eigenvalue weighted by Crippen LogP contribution is -2.00. The number of halogens is 1. The first-order chi connectivity index (χ1) is 14.0. The molecule has 3 rings (SSSR count). The fraction of sp³-hybridized carbons (Fsp3) is 0.174. The molecule has 0 spiro atoms. The molecule has 0 saturated carbocycles. The van der Waals surface area contributed by atoms with Crippen LogP contribution in [-0.2, 0) is 6.42 Å². The third kappa shape index (κ3) is 5.12. The fourth-order valence-electron chi connectivity index (χ4n) is 2.90. The molecule has 0 atom stereocenters. The van der Waals surface area contributed by atoms with E-state index in [1.807, 2.05) is 0 Å². The minimum Gasteiger partial charge on any atom is -0.496 e. The zero-order valence-electron chi connectivity index (χ0n) is 16.6. The summed E-state index contributed by atoms with van der Waals surface area (Å²) in [6.45, 7) is 1.47. The number of pyridine rings is 1. The number of Topliss-reactive ketones (excluding diaryl/α,β-unsaturated/α-hetero) is 1. The zero-order chi connectivity index (χ0) is 21.4. The number of aromatic nitrogens is 1. The second-order valence-corrected chi connectivity index (χ2v) is 6.14. The number of carbonyl (C=O) groups excluding carboxylic acids is 2. The van der Waals surface area contributed by atoms with Gasteiger partial charge in [0.25, 0.3) is 0 Å². The van der Waals surface area contributed by atoms with Crippen molar-refractivity contribution in [2.75, 3.05) is 14.2 Å². The molecule has 0 aliphatic carbocycles. The Kier molecular flexibility index (Phi) is 7.74. The molecule has 0 fully saturated rings. The number of nitrogens with zero attached hydrogens (tertiary/aromatic N) is 1. The molecule has 5 nitrogen and oxygen atoms in total. The molecule has 1 aromatic heterocycles. The topological polar surface area (TPSA) is 82.3 Å². The molecule has 2 aromatic carbocycles. The fourth-order valence-corrected chi connectivity index (χ4v) is 2.90. The summed E-state index contributed by atoms with van der Waals surface area (Å²) < 4.78 is 20.7. The monoisotopic (exact) mass is 394 g/mol. The van der Waals surface area contributed by atoms with Gasteiger partial charge in [0.15, 0.2) is 12.1 Å². The van der Waals surface area contributed by atoms with E-state index >= 15 is 4.39 Å². The zero-order valence-corrected chi connectivity index (χ0v) is 16.6. The van der Waals surface area contributed by atoms with Crippen LogP contribution < -0.4 is 10.5 Å². The van der Waals surface area contributed by atoms with Crippen molar-refractivity contribution < 1.29 is 18.7 Å². The number of hydrogen-bond acceptors (Lipinski definition) is 5. The normalized spacial score (nSPS) is 9.97. The number of nitrogens with two attached hydrogens (primary N) is 1. The van der Waals surface area contributed by atoms with E-state index in [9.17, 15) is 9.59 Å². The van der Waals surface area contributed by atoms with E-state index in [4.69, 9.17) is 4.74 Å². The number of ketones is 1. The van der Waals surface area contributed by atoms with E-state index in [0.717, 1.165) is 5.56 Å². The van der Waals surface area contributed by atoms with Crippen LogP contribution in [0.1, 0.15) is 38.9 Å². The minimum atomic E-state index is -0.408. The van der Waals surface area contributed by atoms with Crippen LogP contribution in [0.25, 0.3) is 11.1 Å². The number of ether oxygens (including phenoxy) is 1. The quantitative estimate of drug-likeness (QED) is 0.503. The lowest BCUT2D eigenvalue weighted by atomic mass is 9.96. The Hall–Kier alpha value is -3.38. The molecule has 1 heterocycles. The van der Waals surface area contributed by atoms with Gasteiger partial charge >= 0.3 is 0 Å². The molecule has 29 heavy (non-hydrogen) atoms. The van der Waals surface area contributed by atoms with Crippen molar-refractivity contribution in [2.24, 2.45) is 5.73 Å². The predicted octanol–water partition coefficient (Wildman–Crippen LogP) is 4.08. The van der Waals surface area contributed by atoms with Crippen LogP contribution in [-0.4, -0.2) is 31.2 Å². The van der Waals surface area contributed by atoms with Gasteiger partial charge in [-0.15, -0.1) is 0 Å². The second kappa shape index (κ2) is 10.2. The Morgan fingerprint density at radius 2 is 1.93 bits per heavy atom. The predicted molar refractivity (Wildman–Crippen MR) is 111 cm³/mol. The van der Waals surface area contributed by atoms with E-state index in [0.29, 0.717) is 46.4 Å². The van der Waals surface area contributed by atoms with Gasteiger partial charge in [-0.3, -0.25) is 14.6 Å². The van der Waals surface area contributed by atoms with Crippen molar-refractivity contribution >= 4 is 12.1 Å². The van der Waals surface area contributed by atoms with E-state index < -0.39 is 5.82 Å². The summed E-state index contributed by atoms with van der Waals surface area (Å²) in [4.78, 5) is 26.4. The highest BCUT2D eigenvalue weighted by Crippen LogP contribution is 2.35. The van der Waals surface area contributed by atoms with Crippen LogP contribution in [0.3, 0.4) is 0 Å². The summed E-state index contributed by atoms with van der Waals surface area (Å²) >= 11 is 0. The summed E-state index contributed by atoms with van der Waals surface area (Å²) in [5, 5.41) is 0. The highest BCUT2D eigenvalue weighted by Gasteiger charge is 2.17. The maximum absolute atomic E-state index is 15.3. The third-order valence-electron chi connectivity index (χ3n) is 4.32. The summed E-state index contributed by atoms with van der Waals surface area (Å²) in [7, 11) is 2.98. The van der Waals surface area contributed by atoms with Crippen LogP contribution in [0.5, 0.6) is 5.75 Å². The number of benzene rings is 2. The van der Waals surface area contributed by atoms with Crippen molar-refractivity contribution in [2.45, 2.75) is 13.3 Å². The summed E-state index contributed by atoms with van der Waals surface area (Å²) in [5.41, 5.74) is 7.49. The number of aldehydes is 1. The second-order valence-electron chi connectivity index (χ2n) is 6.14. The molecule has 3 aromatic rings. The van der Waals surface area contributed by atoms with Gasteiger partial charge in [-0.25, -0.2) is 4.39 Å². The van der Waals surface area contributed by atoms with Gasteiger partial charge in [0.05, 0.1) is 12.7 Å². The van der Waals surface area contributed by atoms with Gasteiger partial charge in [0.1, 0.15) is 17.3 Å². The SMILES string of the molecule is CN.COc1ccc(Cc2ccc(C=O)nc2)c(F)c1-c1cccc(C(C)=O)c1. The molecular formula is C23H23FN2O3. The molecule has 0 radical (unpaired) electrons. The van der Waals surface area contributed by atoms with Gasteiger partial charge in [-0.05, 0) is 48.9 Å². The molecule has 0 amide bonds. The summed E-state index contributed by atoms with van der Waals surface area (Å²) in [5.74, 6) is -0.102. The van der Waals surface area contributed by atoms with Crippen molar-refractivity contribution in [1.82, 2.24) is 4.98 Å². The number of methoxy groups -OCH3 is 1. The summed E-state index contributed by atoms with van der Waals surface area (Å²) in [6, 6.07) is 13.5. The lowest BCUT2D eigenvalue weighted by molar-refractivity contribution is 0.101. The van der Waals surface area contributed by atoms with Gasteiger partial charge in [0, 0.05) is 18.2 Å². The molecule has 0 aliphatic heterocycles. The van der Waals surface area contributed by atoms with E-state index in [2.05, 4.69) is 10.7 Å². The average molecular weight is 394 g/mol. The van der Waals surface area contributed by atoms with Crippen LogP contribution in [0.2, 0.25) is 0 Å². The lowest BCUT2D eigenvalue weighted by Gasteiger charge is -2.14. The Balaban J connectivity index is 0.00000145. The molecular weight excluding hydrogens is 371 g/mol. The van der Waals surface area contributed by atoms with Crippen molar-refractivity contribution in [3.8, 4) is 16.9 Å². The Labute approximate surface area is 169 Å². The third-order valence-corrected chi connectivity index (χ3v) is 4.32. The molecule has 0 saturated heterocycles. The van der Waals surface area contributed by atoms with Gasteiger partial charge in [0.2, 0.25) is 0 Å². The first-order valence-electron chi connectivity index (χ1n) is 8.98. The minimum absolute atomic E-state index is 0.0891. The van der Waals surface area contributed by atoms with Crippen LogP contribution in [0.15, 0.2) is 54.7 Å². The molecule has 0 aliphatic rings.